The van der Waals surface area contributed by atoms with Gasteiger partial charge in [0.05, 0.1) is 28.2 Å². The summed E-state index contributed by atoms with van der Waals surface area (Å²) < 4.78 is 11.3. The van der Waals surface area contributed by atoms with Gasteiger partial charge in [0.1, 0.15) is 0 Å². The van der Waals surface area contributed by atoms with E-state index in [2.05, 4.69) is 146 Å². The summed E-state index contributed by atoms with van der Waals surface area (Å²) in [7, 11) is 0. The van der Waals surface area contributed by atoms with Crippen LogP contribution in [0.1, 0.15) is 0 Å². The molecule has 0 bridgehead atoms. The minimum atomic E-state index is 1.29. The van der Waals surface area contributed by atoms with Crippen molar-refractivity contribution < 1.29 is 0 Å². The molecule has 52 heavy (non-hydrogen) atoms. The van der Waals surface area contributed by atoms with Gasteiger partial charge in [-0.25, -0.2) is 0 Å². The Hall–Kier alpha value is -4.66. The maximum Gasteiger partial charge on any atom is 0.0549 e. The molecule has 0 saturated carbocycles. The average Bonchev–Trinajstić information content (AvgIpc) is 4.05. The van der Waals surface area contributed by atoms with E-state index in [9.17, 15) is 0 Å². The van der Waals surface area contributed by atoms with E-state index in [4.69, 9.17) is 0 Å². The van der Waals surface area contributed by atoms with Crippen molar-refractivity contribution in [1.29, 1.82) is 0 Å². The monoisotopic (exact) mass is 768 g/mol. The van der Waals surface area contributed by atoms with Crippen molar-refractivity contribution in [2.75, 3.05) is 0 Å². The summed E-state index contributed by atoms with van der Waals surface area (Å²) in [6.45, 7) is 0. The van der Waals surface area contributed by atoms with Gasteiger partial charge in [-0.3, -0.25) is 0 Å². The maximum absolute atomic E-state index is 2.48. The van der Waals surface area contributed by atoms with E-state index in [1.807, 2.05) is 68.0 Å². The van der Waals surface area contributed by atoms with Crippen LogP contribution in [0.3, 0.4) is 0 Å². The Balaban J connectivity index is 1.24. The summed E-state index contributed by atoms with van der Waals surface area (Å²) in [4.78, 5) is 5.34. The highest BCUT2D eigenvalue weighted by molar-refractivity contribution is 7.40. The third-order valence-corrected chi connectivity index (χ3v) is 17.8. The van der Waals surface area contributed by atoms with Gasteiger partial charge in [0, 0.05) is 61.2 Å². The first kappa shape index (κ1) is 29.9. The standard InChI is InChI=1S/C46H24S6/c1-5-13-25(14-6-1)33-21-29-37-39(31-23-35(27-17-9-3-10-18-27)49-43(31)41(29)47-33)51-46-38-30-22-34(26-15-7-2-8-16-26)48-42(30)44-32(40(38)52-45(37)46)24-36(50-44)28-19-11-4-12-20-28/h1-24H. The summed E-state index contributed by atoms with van der Waals surface area (Å²) in [6, 6.07) is 53.6. The molecule has 0 nitrogen and oxygen atoms in total. The largest absolute Gasteiger partial charge is 0.134 e. The molecule has 0 aliphatic heterocycles. The lowest BCUT2D eigenvalue weighted by Crippen LogP contribution is -1.70. The van der Waals surface area contributed by atoms with E-state index in [-0.39, 0.29) is 0 Å². The summed E-state index contributed by atoms with van der Waals surface area (Å²) in [5.74, 6) is 0. The molecule has 244 valence electrons. The van der Waals surface area contributed by atoms with Crippen LogP contribution < -0.4 is 0 Å². The van der Waals surface area contributed by atoms with Crippen LogP contribution in [-0.4, -0.2) is 0 Å². The van der Waals surface area contributed by atoms with Gasteiger partial charge in [-0.1, -0.05) is 121 Å². The van der Waals surface area contributed by atoms with Crippen LogP contribution in [0.15, 0.2) is 146 Å². The van der Waals surface area contributed by atoms with Crippen LogP contribution in [-0.2, 0) is 0 Å². The molecule has 6 heteroatoms. The zero-order valence-electron chi connectivity index (χ0n) is 27.3. The number of rotatable bonds is 4. The van der Waals surface area contributed by atoms with E-state index >= 15 is 0 Å². The zero-order chi connectivity index (χ0) is 33.9. The average molecular weight is 769 g/mol. The zero-order valence-corrected chi connectivity index (χ0v) is 32.2. The lowest BCUT2D eigenvalue weighted by Gasteiger charge is -1.99. The molecule has 0 fully saturated rings. The summed E-state index contributed by atoms with van der Waals surface area (Å²) in [5, 5.41) is 8.43. The Morgan fingerprint density at radius 2 is 0.500 bits per heavy atom. The number of hydrogen-bond donors (Lipinski definition) is 0. The predicted octanol–water partition coefficient (Wildman–Crippen LogP) is 16.8. The Morgan fingerprint density at radius 1 is 0.231 bits per heavy atom. The van der Waals surface area contributed by atoms with Gasteiger partial charge in [-0.15, -0.1) is 68.0 Å². The van der Waals surface area contributed by atoms with Gasteiger partial charge in [0.15, 0.2) is 0 Å². The van der Waals surface area contributed by atoms with Gasteiger partial charge < -0.3 is 0 Å². The van der Waals surface area contributed by atoms with Gasteiger partial charge in [0.2, 0.25) is 0 Å². The van der Waals surface area contributed by atoms with Gasteiger partial charge in [-0.2, -0.15) is 0 Å². The van der Waals surface area contributed by atoms with Gasteiger partial charge in [-0.05, 0) is 46.5 Å². The molecule has 0 N–H and O–H groups in total. The highest BCUT2D eigenvalue weighted by Gasteiger charge is 2.26. The number of fused-ring (bicyclic) bond motifs is 15. The lowest BCUT2D eigenvalue weighted by atomic mass is 10.1. The molecule has 6 heterocycles. The molecule has 0 atom stereocenters. The molecule has 12 aromatic rings. The minimum Gasteiger partial charge on any atom is -0.134 e. The fraction of sp³-hybridized carbons (Fsp3) is 0. The van der Waals surface area contributed by atoms with Crippen molar-refractivity contribution >= 4 is 138 Å². The second-order valence-electron chi connectivity index (χ2n) is 13.1. The fourth-order valence-corrected chi connectivity index (χ4v) is 15.8. The van der Waals surface area contributed by atoms with Gasteiger partial charge in [0.25, 0.3) is 0 Å². The second-order valence-corrected chi connectivity index (χ2v) is 19.4. The summed E-state index contributed by atoms with van der Waals surface area (Å²) in [5.41, 5.74) is 5.15. The summed E-state index contributed by atoms with van der Waals surface area (Å²) in [6.07, 6.45) is 0. The molecule has 6 aromatic heterocycles. The molecule has 0 radical (unpaired) electrons. The van der Waals surface area contributed by atoms with Crippen LogP contribution in [0.25, 0.3) is 112 Å². The molecule has 6 aromatic carbocycles. The second kappa shape index (κ2) is 11.4. The first-order valence-corrected chi connectivity index (χ1v) is 22.1. The van der Waals surface area contributed by atoms with Crippen molar-refractivity contribution in [2.45, 2.75) is 0 Å². The Kier molecular flexibility index (Phi) is 6.56. The molecular weight excluding hydrogens is 745 g/mol. The van der Waals surface area contributed by atoms with E-state index in [1.165, 1.54) is 112 Å². The third-order valence-electron chi connectivity index (χ3n) is 10.1. The molecule has 0 aliphatic rings. The Bertz CT molecular complexity index is 3090. The van der Waals surface area contributed by atoms with Crippen LogP contribution in [0.2, 0.25) is 0 Å². The molecule has 12 rings (SSSR count). The predicted molar refractivity (Wildman–Crippen MR) is 238 cm³/mol. The third kappa shape index (κ3) is 4.34. The Morgan fingerprint density at radius 3 is 0.808 bits per heavy atom. The van der Waals surface area contributed by atoms with Crippen LogP contribution in [0.4, 0.5) is 0 Å². The first-order chi connectivity index (χ1) is 25.8. The minimum absolute atomic E-state index is 1.29. The smallest absolute Gasteiger partial charge is 0.0549 e. The quantitative estimate of drug-likeness (QED) is 0.167. The van der Waals surface area contributed by atoms with E-state index in [0.29, 0.717) is 0 Å². The molecular formula is C46H24S6. The fourth-order valence-electron chi connectivity index (χ4n) is 7.73. The Labute approximate surface area is 322 Å². The van der Waals surface area contributed by atoms with Crippen LogP contribution in [0, 0.1) is 0 Å². The van der Waals surface area contributed by atoms with Crippen LogP contribution >= 0.6 is 68.0 Å². The van der Waals surface area contributed by atoms with E-state index < -0.39 is 0 Å². The van der Waals surface area contributed by atoms with Gasteiger partial charge >= 0.3 is 0 Å². The normalized spacial score (nSPS) is 12.2. The molecule has 0 spiro atoms. The highest BCUT2D eigenvalue weighted by Crippen LogP contribution is 2.58. The first-order valence-electron chi connectivity index (χ1n) is 17.2. The number of hydrogen-bond acceptors (Lipinski definition) is 6. The SMILES string of the molecule is c1ccc(-c2cc3c(s2)c2sc(-c4ccccc4)cc2c2c3sc3c2sc2c4cc(-c5ccccc5)sc4c4sc(-c5ccccc5)cc4c23)cc1. The van der Waals surface area contributed by atoms with Crippen molar-refractivity contribution in [1.82, 2.24) is 0 Å². The maximum atomic E-state index is 2.48. The molecule has 0 amide bonds. The molecule has 0 aliphatic carbocycles. The molecule has 0 unspecified atom stereocenters. The number of thiophene rings is 6. The highest BCUT2D eigenvalue weighted by atomic mass is 32.1. The number of benzene rings is 6. The van der Waals surface area contributed by atoms with E-state index in [1.54, 1.807) is 0 Å². The topological polar surface area (TPSA) is 0 Å². The van der Waals surface area contributed by atoms with Crippen molar-refractivity contribution in [3.63, 3.8) is 0 Å². The molecule has 0 saturated heterocycles. The van der Waals surface area contributed by atoms with Crippen molar-refractivity contribution in [3.8, 4) is 41.8 Å². The van der Waals surface area contributed by atoms with Crippen LogP contribution in [0.5, 0.6) is 0 Å². The van der Waals surface area contributed by atoms with Crippen molar-refractivity contribution in [3.05, 3.63) is 146 Å². The summed E-state index contributed by atoms with van der Waals surface area (Å²) >= 11 is 11.8. The van der Waals surface area contributed by atoms with E-state index in [0.717, 1.165) is 0 Å². The lowest BCUT2D eigenvalue weighted by molar-refractivity contribution is 1.70. The van der Waals surface area contributed by atoms with Crippen molar-refractivity contribution in [2.24, 2.45) is 0 Å².